The molecule has 2 aromatic carbocycles. The van der Waals surface area contributed by atoms with E-state index in [-0.39, 0.29) is 0 Å². The lowest BCUT2D eigenvalue weighted by atomic mass is 10.2. The highest BCUT2D eigenvalue weighted by Crippen LogP contribution is 2.25. The molecule has 0 aromatic heterocycles. The quantitative estimate of drug-likeness (QED) is 0.713. The Bertz CT molecular complexity index is 482. The molecule has 0 atom stereocenters. The van der Waals surface area contributed by atoms with Gasteiger partial charge in [-0.2, -0.15) is 0 Å². The highest BCUT2D eigenvalue weighted by molar-refractivity contribution is 5.39. The van der Waals surface area contributed by atoms with Gasteiger partial charge in [-0.1, -0.05) is 42.5 Å². The minimum atomic E-state index is 0.507. The van der Waals surface area contributed by atoms with Crippen LogP contribution in [0.4, 0.5) is 0 Å². The fourth-order valence-corrected chi connectivity index (χ4v) is 1.71. The summed E-state index contributed by atoms with van der Waals surface area (Å²) >= 11 is 0. The van der Waals surface area contributed by atoms with Crippen LogP contribution in [0.25, 0.3) is 0 Å². The van der Waals surface area contributed by atoms with Crippen molar-refractivity contribution in [3.05, 3.63) is 60.2 Å². The summed E-state index contributed by atoms with van der Waals surface area (Å²) in [5, 5.41) is 0. The van der Waals surface area contributed by atoms with Crippen molar-refractivity contribution >= 4 is 0 Å². The minimum absolute atomic E-state index is 0.507. The first-order valence-corrected chi connectivity index (χ1v) is 6.27. The van der Waals surface area contributed by atoms with Crippen molar-refractivity contribution in [2.24, 2.45) is 0 Å². The molecule has 0 amide bonds. The molecule has 0 saturated carbocycles. The fourth-order valence-electron chi connectivity index (χ4n) is 1.71. The zero-order chi connectivity index (χ0) is 13.3. The number of rotatable bonds is 7. The average molecular weight is 258 g/mol. The SMILES string of the molecule is COc1ccccc1OCCOCc1ccccc1. The van der Waals surface area contributed by atoms with Gasteiger partial charge in [-0.3, -0.25) is 0 Å². The van der Waals surface area contributed by atoms with Crippen LogP contribution >= 0.6 is 0 Å². The molecule has 0 unspecified atom stereocenters. The summed E-state index contributed by atoms with van der Waals surface area (Å²) in [6.07, 6.45) is 0. The zero-order valence-corrected chi connectivity index (χ0v) is 11.0. The second-order valence-electron chi connectivity index (χ2n) is 4.04. The van der Waals surface area contributed by atoms with E-state index in [1.54, 1.807) is 7.11 Å². The molecule has 0 aliphatic carbocycles. The molecule has 3 heteroatoms. The summed E-state index contributed by atoms with van der Waals surface area (Å²) in [5.41, 5.74) is 1.17. The van der Waals surface area contributed by atoms with Crippen molar-refractivity contribution in [3.8, 4) is 11.5 Å². The van der Waals surface area contributed by atoms with Crippen LogP contribution < -0.4 is 9.47 Å². The Hall–Kier alpha value is -2.00. The van der Waals surface area contributed by atoms with Gasteiger partial charge in [0, 0.05) is 0 Å². The largest absolute Gasteiger partial charge is 0.493 e. The van der Waals surface area contributed by atoms with Crippen LogP contribution in [-0.4, -0.2) is 20.3 Å². The maximum absolute atomic E-state index is 5.62. The van der Waals surface area contributed by atoms with Crippen molar-refractivity contribution < 1.29 is 14.2 Å². The number of benzene rings is 2. The summed E-state index contributed by atoms with van der Waals surface area (Å²) in [7, 11) is 1.63. The Morgan fingerprint density at radius 1 is 0.789 bits per heavy atom. The molecule has 100 valence electrons. The van der Waals surface area contributed by atoms with Gasteiger partial charge in [0.05, 0.1) is 20.3 Å². The molecule has 0 bridgehead atoms. The number of hydrogen-bond donors (Lipinski definition) is 0. The van der Waals surface area contributed by atoms with Crippen molar-refractivity contribution in [2.75, 3.05) is 20.3 Å². The highest BCUT2D eigenvalue weighted by Gasteiger charge is 2.01. The maximum Gasteiger partial charge on any atom is 0.161 e. The standard InChI is InChI=1S/C16H18O3/c1-17-15-9-5-6-10-16(15)19-12-11-18-13-14-7-3-2-4-8-14/h2-10H,11-13H2,1H3. The third kappa shape index (κ3) is 4.30. The van der Waals surface area contributed by atoms with Crippen molar-refractivity contribution in [2.45, 2.75) is 6.61 Å². The lowest BCUT2D eigenvalue weighted by Crippen LogP contribution is -2.07. The van der Waals surface area contributed by atoms with E-state index in [1.165, 1.54) is 5.56 Å². The molecule has 2 rings (SSSR count). The fraction of sp³-hybridized carbons (Fsp3) is 0.250. The van der Waals surface area contributed by atoms with Crippen LogP contribution in [0.5, 0.6) is 11.5 Å². The molecule has 0 saturated heterocycles. The Morgan fingerprint density at radius 3 is 2.21 bits per heavy atom. The van der Waals surface area contributed by atoms with Gasteiger partial charge in [0.1, 0.15) is 6.61 Å². The summed E-state index contributed by atoms with van der Waals surface area (Å²) < 4.78 is 16.4. The first kappa shape index (κ1) is 13.4. The number of hydrogen-bond acceptors (Lipinski definition) is 3. The van der Waals surface area contributed by atoms with Crippen LogP contribution in [0, 0.1) is 0 Å². The van der Waals surface area contributed by atoms with Crippen LogP contribution in [0.15, 0.2) is 54.6 Å². The van der Waals surface area contributed by atoms with Crippen molar-refractivity contribution in [1.29, 1.82) is 0 Å². The van der Waals surface area contributed by atoms with Gasteiger partial charge in [-0.05, 0) is 17.7 Å². The van der Waals surface area contributed by atoms with Crippen LogP contribution in [-0.2, 0) is 11.3 Å². The van der Waals surface area contributed by atoms with E-state index in [0.717, 1.165) is 11.5 Å². The van der Waals surface area contributed by atoms with Crippen LogP contribution in [0.2, 0.25) is 0 Å². The van der Waals surface area contributed by atoms with Gasteiger partial charge in [-0.25, -0.2) is 0 Å². The molecule has 0 aliphatic rings. The van der Waals surface area contributed by atoms with Gasteiger partial charge >= 0.3 is 0 Å². The average Bonchev–Trinajstić information content (AvgIpc) is 2.48. The van der Waals surface area contributed by atoms with Gasteiger partial charge in [0.25, 0.3) is 0 Å². The maximum atomic E-state index is 5.62. The minimum Gasteiger partial charge on any atom is -0.493 e. The summed E-state index contributed by atoms with van der Waals surface area (Å²) in [4.78, 5) is 0. The lowest BCUT2D eigenvalue weighted by Gasteiger charge is -2.10. The summed E-state index contributed by atoms with van der Waals surface area (Å²) in [6, 6.07) is 17.7. The first-order chi connectivity index (χ1) is 9.40. The molecule has 0 fully saturated rings. The molecule has 2 aromatic rings. The number of para-hydroxylation sites is 2. The Kier molecular flexibility index (Phi) is 5.26. The normalized spacial score (nSPS) is 10.2. The second kappa shape index (κ2) is 7.44. The lowest BCUT2D eigenvalue weighted by molar-refractivity contribution is 0.0880. The monoisotopic (exact) mass is 258 g/mol. The van der Waals surface area contributed by atoms with E-state index >= 15 is 0 Å². The predicted molar refractivity (Wildman–Crippen MR) is 74.6 cm³/mol. The van der Waals surface area contributed by atoms with E-state index in [0.29, 0.717) is 19.8 Å². The van der Waals surface area contributed by atoms with Gasteiger partial charge in [0.2, 0.25) is 0 Å². The zero-order valence-electron chi connectivity index (χ0n) is 11.0. The number of ether oxygens (including phenoxy) is 3. The third-order valence-electron chi connectivity index (χ3n) is 2.67. The summed E-state index contributed by atoms with van der Waals surface area (Å²) in [5.74, 6) is 1.49. The van der Waals surface area contributed by atoms with E-state index < -0.39 is 0 Å². The Balaban J connectivity index is 1.69. The van der Waals surface area contributed by atoms with Gasteiger partial charge in [-0.15, -0.1) is 0 Å². The molecule has 0 heterocycles. The molecule has 0 aliphatic heterocycles. The Morgan fingerprint density at radius 2 is 1.47 bits per heavy atom. The first-order valence-electron chi connectivity index (χ1n) is 6.27. The topological polar surface area (TPSA) is 27.7 Å². The smallest absolute Gasteiger partial charge is 0.161 e. The molecule has 0 N–H and O–H groups in total. The van der Waals surface area contributed by atoms with E-state index in [4.69, 9.17) is 14.2 Å². The molecular formula is C16H18O3. The highest BCUT2D eigenvalue weighted by atomic mass is 16.5. The molecule has 3 nitrogen and oxygen atoms in total. The summed E-state index contributed by atoms with van der Waals surface area (Å²) in [6.45, 7) is 1.66. The molecule has 0 radical (unpaired) electrons. The molecular weight excluding hydrogens is 240 g/mol. The Labute approximate surface area is 113 Å². The van der Waals surface area contributed by atoms with Crippen molar-refractivity contribution in [1.82, 2.24) is 0 Å². The van der Waals surface area contributed by atoms with E-state index in [2.05, 4.69) is 0 Å². The second-order valence-corrected chi connectivity index (χ2v) is 4.04. The molecule has 0 spiro atoms. The van der Waals surface area contributed by atoms with Crippen molar-refractivity contribution in [3.63, 3.8) is 0 Å². The molecule has 19 heavy (non-hydrogen) atoms. The van der Waals surface area contributed by atoms with Gasteiger partial charge in [0.15, 0.2) is 11.5 Å². The van der Waals surface area contributed by atoms with Crippen LogP contribution in [0.1, 0.15) is 5.56 Å². The predicted octanol–water partition coefficient (Wildman–Crippen LogP) is 3.29. The van der Waals surface area contributed by atoms with E-state index in [1.807, 2.05) is 54.6 Å². The van der Waals surface area contributed by atoms with E-state index in [9.17, 15) is 0 Å². The third-order valence-corrected chi connectivity index (χ3v) is 2.67. The van der Waals surface area contributed by atoms with Crippen LogP contribution in [0.3, 0.4) is 0 Å². The number of methoxy groups -OCH3 is 1. The van der Waals surface area contributed by atoms with Gasteiger partial charge < -0.3 is 14.2 Å².